The molecule has 1 aromatic heterocycles. The Balaban J connectivity index is 2.10. The molecule has 0 amide bonds. The van der Waals surface area contributed by atoms with Gasteiger partial charge in [0.2, 0.25) is 0 Å². The van der Waals surface area contributed by atoms with Crippen molar-refractivity contribution in [3.05, 3.63) is 46.2 Å². The third-order valence-corrected chi connectivity index (χ3v) is 4.02. The number of aromatic nitrogens is 1. The lowest BCUT2D eigenvalue weighted by molar-refractivity contribution is 0.0428. The van der Waals surface area contributed by atoms with Crippen molar-refractivity contribution in [1.82, 2.24) is 4.73 Å². The Morgan fingerprint density at radius 3 is 2.75 bits per heavy atom. The predicted molar refractivity (Wildman–Crippen MR) is 81.0 cm³/mol. The number of hydrogen-bond donors (Lipinski definition) is 0. The minimum Gasteiger partial charge on any atom is -0.407 e. The van der Waals surface area contributed by atoms with Crippen molar-refractivity contribution in [2.45, 2.75) is 51.6 Å². The van der Waals surface area contributed by atoms with Crippen LogP contribution in [0.15, 0.2) is 35.1 Å². The predicted octanol–water partition coefficient (Wildman–Crippen LogP) is 3.33. The molecule has 1 aliphatic carbocycles. The molecule has 1 heterocycles. The summed E-state index contributed by atoms with van der Waals surface area (Å²) in [5.74, 6) is 0. The lowest BCUT2D eigenvalue weighted by Crippen LogP contribution is -2.34. The fraction of sp³-hybridized carbons (Fsp3) is 0.471. The summed E-state index contributed by atoms with van der Waals surface area (Å²) in [6.45, 7) is 2.09. The minimum absolute atomic E-state index is 0.0115. The highest BCUT2D eigenvalue weighted by Gasteiger charge is 2.19. The number of benzene rings is 1. The minimum atomic E-state index is 0.0115. The maximum absolute atomic E-state index is 12.6. The van der Waals surface area contributed by atoms with Gasteiger partial charge in [0.15, 0.2) is 0 Å². The zero-order valence-electron chi connectivity index (χ0n) is 12.0. The van der Waals surface area contributed by atoms with E-state index in [2.05, 4.69) is 6.92 Å². The Morgan fingerprint density at radius 1 is 1.25 bits per heavy atom. The second-order valence-electron chi connectivity index (χ2n) is 5.59. The van der Waals surface area contributed by atoms with E-state index in [1.54, 1.807) is 0 Å². The third kappa shape index (κ3) is 2.45. The third-order valence-electron chi connectivity index (χ3n) is 4.02. The Morgan fingerprint density at radius 2 is 2.00 bits per heavy atom. The maximum atomic E-state index is 12.6. The average Bonchev–Trinajstić information content (AvgIpc) is 2.97. The van der Waals surface area contributed by atoms with Crippen molar-refractivity contribution in [3.63, 3.8) is 0 Å². The van der Waals surface area contributed by atoms with Crippen molar-refractivity contribution >= 4 is 10.9 Å². The van der Waals surface area contributed by atoms with Crippen LogP contribution in [0.4, 0.5) is 0 Å². The summed E-state index contributed by atoms with van der Waals surface area (Å²) < 4.78 is 1.54. The first-order chi connectivity index (χ1) is 9.79. The van der Waals surface area contributed by atoms with Crippen LogP contribution in [-0.2, 0) is 6.42 Å². The van der Waals surface area contributed by atoms with Crippen LogP contribution in [0.25, 0.3) is 10.9 Å². The zero-order chi connectivity index (χ0) is 13.9. The Labute approximate surface area is 119 Å². The number of nitrogens with zero attached hydrogens (tertiary/aromatic N) is 1. The Kier molecular flexibility index (Phi) is 3.77. The van der Waals surface area contributed by atoms with Crippen molar-refractivity contribution in [2.24, 2.45) is 0 Å². The molecule has 3 nitrogen and oxygen atoms in total. The number of para-hydroxylation sites is 1. The van der Waals surface area contributed by atoms with Gasteiger partial charge >= 0.3 is 0 Å². The van der Waals surface area contributed by atoms with Gasteiger partial charge in [-0.3, -0.25) is 4.79 Å². The zero-order valence-corrected chi connectivity index (χ0v) is 12.0. The van der Waals surface area contributed by atoms with Crippen molar-refractivity contribution in [3.8, 4) is 0 Å². The highest BCUT2D eigenvalue weighted by Crippen LogP contribution is 2.20. The first-order valence-corrected chi connectivity index (χ1v) is 7.60. The van der Waals surface area contributed by atoms with E-state index >= 15 is 0 Å². The van der Waals surface area contributed by atoms with Gasteiger partial charge in [0.25, 0.3) is 5.56 Å². The molecular formula is C17H21NO2. The number of rotatable bonds is 4. The quantitative estimate of drug-likeness (QED) is 0.854. The molecule has 0 unspecified atom stereocenters. The molecule has 0 aliphatic heterocycles. The monoisotopic (exact) mass is 271 g/mol. The number of fused-ring (bicyclic) bond motifs is 1. The normalized spacial score (nSPS) is 15.8. The van der Waals surface area contributed by atoms with Gasteiger partial charge in [0.05, 0.1) is 5.52 Å². The van der Waals surface area contributed by atoms with E-state index in [-0.39, 0.29) is 11.7 Å². The lowest BCUT2D eigenvalue weighted by Gasteiger charge is -2.17. The van der Waals surface area contributed by atoms with Gasteiger partial charge in [0, 0.05) is 10.9 Å². The van der Waals surface area contributed by atoms with Crippen LogP contribution in [0.3, 0.4) is 0 Å². The van der Waals surface area contributed by atoms with Crippen LogP contribution in [0.5, 0.6) is 0 Å². The molecule has 0 radical (unpaired) electrons. The number of hydrogen-bond acceptors (Lipinski definition) is 2. The molecular weight excluding hydrogens is 250 g/mol. The van der Waals surface area contributed by atoms with E-state index in [0.717, 1.165) is 42.1 Å². The molecule has 106 valence electrons. The molecule has 0 spiro atoms. The van der Waals surface area contributed by atoms with Gasteiger partial charge in [-0.25, -0.2) is 0 Å². The van der Waals surface area contributed by atoms with Crippen molar-refractivity contribution < 1.29 is 4.84 Å². The van der Waals surface area contributed by atoms with E-state index < -0.39 is 0 Å². The molecule has 1 aromatic carbocycles. The summed E-state index contributed by atoms with van der Waals surface area (Å²) in [5.41, 5.74) is 1.74. The van der Waals surface area contributed by atoms with E-state index in [1.165, 1.54) is 17.6 Å². The Bertz CT molecular complexity index is 654. The molecule has 1 aliphatic rings. The second-order valence-corrected chi connectivity index (χ2v) is 5.59. The highest BCUT2D eigenvalue weighted by molar-refractivity contribution is 5.79. The fourth-order valence-corrected chi connectivity index (χ4v) is 2.98. The summed E-state index contributed by atoms with van der Waals surface area (Å²) in [4.78, 5) is 18.6. The van der Waals surface area contributed by atoms with Crippen LogP contribution in [0, 0.1) is 0 Å². The summed E-state index contributed by atoms with van der Waals surface area (Å²) in [7, 11) is 0. The summed E-state index contributed by atoms with van der Waals surface area (Å²) >= 11 is 0. The van der Waals surface area contributed by atoms with E-state index in [4.69, 9.17) is 4.84 Å². The van der Waals surface area contributed by atoms with E-state index in [1.807, 2.05) is 30.3 Å². The lowest BCUT2D eigenvalue weighted by atomic mass is 10.1. The van der Waals surface area contributed by atoms with E-state index in [9.17, 15) is 4.79 Å². The van der Waals surface area contributed by atoms with Crippen LogP contribution in [0.1, 0.15) is 44.6 Å². The SMILES string of the molecule is CCCc1cc2ccccc2n(OC2CCCC2)c1=O. The molecule has 2 aromatic rings. The number of pyridine rings is 1. The van der Waals surface area contributed by atoms with Gasteiger partial charge in [-0.1, -0.05) is 31.5 Å². The van der Waals surface area contributed by atoms with E-state index in [0.29, 0.717) is 0 Å². The molecule has 3 rings (SSSR count). The van der Waals surface area contributed by atoms with Crippen molar-refractivity contribution in [2.75, 3.05) is 0 Å². The first kappa shape index (κ1) is 13.2. The standard InChI is InChI=1S/C17H21NO2/c1-2-7-14-12-13-8-3-6-11-16(13)18(17(14)19)20-15-9-4-5-10-15/h3,6,8,11-12,15H,2,4-5,7,9-10H2,1H3. The topological polar surface area (TPSA) is 31.2 Å². The van der Waals surface area contributed by atoms with Gasteiger partial charge in [-0.15, -0.1) is 4.73 Å². The molecule has 1 fully saturated rings. The molecule has 0 atom stereocenters. The fourth-order valence-electron chi connectivity index (χ4n) is 2.98. The second kappa shape index (κ2) is 5.70. The molecule has 1 saturated carbocycles. The number of aryl methyl sites for hydroxylation is 1. The Hall–Kier alpha value is -1.77. The van der Waals surface area contributed by atoms with Crippen LogP contribution in [-0.4, -0.2) is 10.8 Å². The summed E-state index contributed by atoms with van der Waals surface area (Å²) in [5, 5.41) is 1.08. The molecule has 3 heteroatoms. The average molecular weight is 271 g/mol. The first-order valence-electron chi connectivity index (χ1n) is 7.60. The van der Waals surface area contributed by atoms with Gasteiger partial charge in [-0.05, 0) is 44.2 Å². The molecule has 20 heavy (non-hydrogen) atoms. The largest absolute Gasteiger partial charge is 0.407 e. The van der Waals surface area contributed by atoms with Crippen LogP contribution < -0.4 is 10.4 Å². The maximum Gasteiger partial charge on any atom is 0.286 e. The smallest absolute Gasteiger partial charge is 0.286 e. The van der Waals surface area contributed by atoms with Crippen LogP contribution in [0.2, 0.25) is 0 Å². The molecule has 0 bridgehead atoms. The van der Waals surface area contributed by atoms with Gasteiger partial charge in [0.1, 0.15) is 6.10 Å². The molecule has 0 N–H and O–H groups in total. The van der Waals surface area contributed by atoms with Crippen LogP contribution >= 0.6 is 0 Å². The van der Waals surface area contributed by atoms with Crippen molar-refractivity contribution in [1.29, 1.82) is 0 Å². The van der Waals surface area contributed by atoms with Gasteiger partial charge < -0.3 is 4.84 Å². The highest BCUT2D eigenvalue weighted by atomic mass is 16.7. The van der Waals surface area contributed by atoms with Gasteiger partial charge in [-0.2, -0.15) is 0 Å². The summed E-state index contributed by atoms with van der Waals surface area (Å²) in [6.07, 6.45) is 6.47. The molecule has 0 saturated heterocycles. The summed E-state index contributed by atoms with van der Waals surface area (Å²) in [6, 6.07) is 9.97.